The van der Waals surface area contributed by atoms with Gasteiger partial charge in [-0.1, -0.05) is 26.8 Å². The van der Waals surface area contributed by atoms with Crippen LogP contribution in [0.3, 0.4) is 0 Å². The van der Waals surface area contributed by atoms with E-state index < -0.39 is 5.97 Å². The monoisotopic (exact) mass is 251 g/mol. The predicted octanol–water partition coefficient (Wildman–Crippen LogP) is 2.59. The lowest BCUT2D eigenvalue weighted by Crippen LogP contribution is -2.34. The van der Waals surface area contributed by atoms with E-state index in [1.165, 1.54) is 0 Å². The Morgan fingerprint density at radius 2 is 2.06 bits per heavy atom. The van der Waals surface area contributed by atoms with Gasteiger partial charge < -0.3 is 15.5 Å². The summed E-state index contributed by atoms with van der Waals surface area (Å²) in [5, 5.41) is 21.3. The van der Waals surface area contributed by atoms with E-state index in [9.17, 15) is 4.79 Å². The number of carbonyl (C=O) groups is 1. The molecule has 0 spiro atoms. The van der Waals surface area contributed by atoms with Crippen molar-refractivity contribution in [3.05, 3.63) is 29.8 Å². The van der Waals surface area contributed by atoms with Crippen molar-refractivity contribution < 1.29 is 15.0 Å². The minimum absolute atomic E-state index is 0.0119. The zero-order chi connectivity index (χ0) is 13.8. The third-order valence-electron chi connectivity index (χ3n) is 2.91. The molecule has 1 unspecified atom stereocenters. The first-order valence-electron chi connectivity index (χ1n) is 6.05. The third-order valence-corrected chi connectivity index (χ3v) is 2.91. The van der Waals surface area contributed by atoms with E-state index in [0.29, 0.717) is 6.42 Å². The van der Waals surface area contributed by atoms with E-state index >= 15 is 0 Å². The summed E-state index contributed by atoms with van der Waals surface area (Å²) < 4.78 is 0. The fraction of sp³-hybridized carbons (Fsp3) is 0.500. The number of hydrogen-bond acceptors (Lipinski definition) is 3. The fourth-order valence-corrected chi connectivity index (χ4v) is 1.79. The first-order valence-corrected chi connectivity index (χ1v) is 6.05. The molecule has 1 atom stereocenters. The van der Waals surface area contributed by atoms with Gasteiger partial charge in [0.25, 0.3) is 0 Å². The number of carboxylic acid groups (broad SMARTS) is 1. The molecule has 0 aromatic heterocycles. The first kappa shape index (κ1) is 14.5. The molecule has 3 N–H and O–H groups in total. The van der Waals surface area contributed by atoms with Crippen molar-refractivity contribution in [3.63, 3.8) is 0 Å². The maximum Gasteiger partial charge on any atom is 0.335 e. The van der Waals surface area contributed by atoms with Crippen LogP contribution in [0.5, 0.6) is 0 Å². The molecule has 0 aliphatic heterocycles. The normalized spacial score (nSPS) is 13.1. The topological polar surface area (TPSA) is 69.6 Å². The predicted molar refractivity (Wildman–Crippen MR) is 72.0 cm³/mol. The molecule has 0 saturated heterocycles. The third kappa shape index (κ3) is 4.04. The quantitative estimate of drug-likeness (QED) is 0.752. The van der Waals surface area contributed by atoms with Gasteiger partial charge >= 0.3 is 5.97 Å². The highest BCUT2D eigenvalue weighted by molar-refractivity contribution is 5.88. The standard InChI is InChI=1S/C14H21NO3/c1-14(2,3)12(7-8-16)15-11-6-4-5-10(9-11)13(17)18/h4-6,9,12,15-16H,7-8H2,1-3H3,(H,17,18). The lowest BCUT2D eigenvalue weighted by Gasteiger charge is -2.32. The average Bonchev–Trinajstić information content (AvgIpc) is 2.27. The Morgan fingerprint density at radius 3 is 2.56 bits per heavy atom. The zero-order valence-corrected chi connectivity index (χ0v) is 11.1. The van der Waals surface area contributed by atoms with Gasteiger partial charge in [-0.3, -0.25) is 0 Å². The second-order valence-electron chi connectivity index (χ2n) is 5.46. The fourth-order valence-electron chi connectivity index (χ4n) is 1.79. The summed E-state index contributed by atoms with van der Waals surface area (Å²) >= 11 is 0. The largest absolute Gasteiger partial charge is 0.478 e. The highest BCUT2D eigenvalue weighted by atomic mass is 16.4. The first-order chi connectivity index (χ1) is 8.34. The lowest BCUT2D eigenvalue weighted by atomic mass is 9.84. The summed E-state index contributed by atoms with van der Waals surface area (Å²) in [6, 6.07) is 6.81. The molecule has 1 rings (SSSR count). The van der Waals surface area contributed by atoms with Crippen LogP contribution in [0.2, 0.25) is 0 Å². The van der Waals surface area contributed by atoms with Crippen molar-refractivity contribution in [2.45, 2.75) is 33.2 Å². The Balaban J connectivity index is 2.87. The number of aromatic carboxylic acids is 1. The number of aliphatic hydroxyl groups excluding tert-OH is 1. The number of hydrogen-bond donors (Lipinski definition) is 3. The number of carboxylic acids is 1. The molecular weight excluding hydrogens is 230 g/mol. The average molecular weight is 251 g/mol. The van der Waals surface area contributed by atoms with Crippen LogP contribution in [0, 0.1) is 5.41 Å². The van der Waals surface area contributed by atoms with Crippen LogP contribution >= 0.6 is 0 Å². The molecule has 0 radical (unpaired) electrons. The summed E-state index contributed by atoms with van der Waals surface area (Å²) in [5.41, 5.74) is 1.02. The molecule has 1 aromatic carbocycles. The SMILES string of the molecule is CC(C)(C)C(CCO)Nc1cccc(C(=O)O)c1. The van der Waals surface area contributed by atoms with Gasteiger partial charge in [-0.25, -0.2) is 4.79 Å². The minimum Gasteiger partial charge on any atom is -0.478 e. The number of benzene rings is 1. The van der Waals surface area contributed by atoms with Crippen molar-refractivity contribution in [2.24, 2.45) is 5.41 Å². The number of aliphatic hydroxyl groups is 1. The molecule has 0 fully saturated rings. The van der Waals surface area contributed by atoms with Crippen LogP contribution in [0.25, 0.3) is 0 Å². The molecule has 100 valence electrons. The van der Waals surface area contributed by atoms with Crippen molar-refractivity contribution in [2.75, 3.05) is 11.9 Å². The number of rotatable bonds is 5. The van der Waals surface area contributed by atoms with Crippen LogP contribution in [0.1, 0.15) is 37.6 Å². The molecule has 0 aliphatic carbocycles. The van der Waals surface area contributed by atoms with Crippen molar-refractivity contribution >= 4 is 11.7 Å². The van der Waals surface area contributed by atoms with Gasteiger partial charge in [-0.05, 0) is 30.0 Å². The van der Waals surface area contributed by atoms with E-state index in [2.05, 4.69) is 26.1 Å². The lowest BCUT2D eigenvalue weighted by molar-refractivity contribution is 0.0697. The van der Waals surface area contributed by atoms with Gasteiger partial charge in [-0.2, -0.15) is 0 Å². The van der Waals surface area contributed by atoms with Gasteiger partial charge in [0.2, 0.25) is 0 Å². The number of nitrogens with one attached hydrogen (secondary N) is 1. The molecule has 0 aliphatic rings. The molecule has 0 heterocycles. The van der Waals surface area contributed by atoms with Crippen molar-refractivity contribution in [1.82, 2.24) is 0 Å². The maximum absolute atomic E-state index is 10.9. The van der Waals surface area contributed by atoms with Gasteiger partial charge in [0.15, 0.2) is 0 Å². The Morgan fingerprint density at radius 1 is 1.39 bits per heavy atom. The minimum atomic E-state index is -0.937. The maximum atomic E-state index is 10.9. The van der Waals surface area contributed by atoms with E-state index in [1.54, 1.807) is 18.2 Å². The molecule has 0 bridgehead atoms. The summed E-state index contributed by atoms with van der Waals surface area (Å²) in [4.78, 5) is 10.9. The Kier molecular flexibility index (Phi) is 4.73. The van der Waals surface area contributed by atoms with E-state index in [-0.39, 0.29) is 23.6 Å². The highest BCUT2D eigenvalue weighted by Gasteiger charge is 2.24. The van der Waals surface area contributed by atoms with Crippen LogP contribution in [0.15, 0.2) is 24.3 Å². The number of anilines is 1. The van der Waals surface area contributed by atoms with Crippen LogP contribution < -0.4 is 5.32 Å². The molecular formula is C14H21NO3. The Hall–Kier alpha value is -1.55. The zero-order valence-electron chi connectivity index (χ0n) is 11.1. The van der Waals surface area contributed by atoms with Gasteiger partial charge in [0.05, 0.1) is 5.56 Å². The summed E-state index contributed by atoms with van der Waals surface area (Å²) in [6.07, 6.45) is 0.626. The summed E-state index contributed by atoms with van der Waals surface area (Å²) in [5.74, 6) is -0.937. The van der Waals surface area contributed by atoms with Crippen LogP contribution in [0.4, 0.5) is 5.69 Å². The van der Waals surface area contributed by atoms with E-state index in [1.807, 2.05) is 6.07 Å². The van der Waals surface area contributed by atoms with Crippen LogP contribution in [-0.4, -0.2) is 28.8 Å². The van der Waals surface area contributed by atoms with Gasteiger partial charge in [0, 0.05) is 18.3 Å². The van der Waals surface area contributed by atoms with Crippen molar-refractivity contribution in [1.29, 1.82) is 0 Å². The Bertz CT molecular complexity index is 410. The van der Waals surface area contributed by atoms with Crippen molar-refractivity contribution in [3.8, 4) is 0 Å². The van der Waals surface area contributed by atoms with Gasteiger partial charge in [-0.15, -0.1) is 0 Å². The van der Waals surface area contributed by atoms with E-state index in [0.717, 1.165) is 5.69 Å². The van der Waals surface area contributed by atoms with Gasteiger partial charge in [0.1, 0.15) is 0 Å². The second kappa shape index (κ2) is 5.87. The molecule has 0 saturated carbocycles. The molecule has 1 aromatic rings. The smallest absolute Gasteiger partial charge is 0.335 e. The molecule has 18 heavy (non-hydrogen) atoms. The molecule has 4 heteroatoms. The second-order valence-corrected chi connectivity index (χ2v) is 5.46. The van der Waals surface area contributed by atoms with E-state index in [4.69, 9.17) is 10.2 Å². The summed E-state index contributed by atoms with van der Waals surface area (Å²) in [6.45, 7) is 6.36. The Labute approximate surface area is 108 Å². The highest BCUT2D eigenvalue weighted by Crippen LogP contribution is 2.25. The summed E-state index contributed by atoms with van der Waals surface area (Å²) in [7, 11) is 0. The molecule has 0 amide bonds. The van der Waals surface area contributed by atoms with Crippen LogP contribution in [-0.2, 0) is 0 Å². The molecule has 4 nitrogen and oxygen atoms in total.